The number of aromatic nitrogens is 2. The lowest BCUT2D eigenvalue weighted by molar-refractivity contribution is 0.535. The van der Waals surface area contributed by atoms with Crippen LogP contribution in [0.2, 0.25) is 5.02 Å². The van der Waals surface area contributed by atoms with Gasteiger partial charge in [-0.25, -0.2) is 4.68 Å². The van der Waals surface area contributed by atoms with Gasteiger partial charge in [-0.15, -0.1) is 0 Å². The Morgan fingerprint density at radius 2 is 2.00 bits per heavy atom. The first-order chi connectivity index (χ1) is 9.56. The number of hydrogen-bond acceptors (Lipinski definition) is 3. The van der Waals surface area contributed by atoms with E-state index in [1.54, 1.807) is 10.9 Å². The Labute approximate surface area is 121 Å². The molecule has 0 spiro atoms. The zero-order valence-electron chi connectivity index (χ0n) is 11.2. The summed E-state index contributed by atoms with van der Waals surface area (Å²) in [6.45, 7) is 3.85. The van der Waals surface area contributed by atoms with Gasteiger partial charge in [-0.3, -0.25) is 0 Å². The van der Waals surface area contributed by atoms with Crippen molar-refractivity contribution in [3.8, 4) is 16.9 Å². The third kappa shape index (κ3) is 2.08. The Kier molecular flexibility index (Phi) is 3.03. The van der Waals surface area contributed by atoms with Crippen molar-refractivity contribution < 1.29 is 4.42 Å². The predicted molar refractivity (Wildman–Crippen MR) is 80.2 cm³/mol. The van der Waals surface area contributed by atoms with Crippen LogP contribution < -0.4 is 5.73 Å². The molecule has 3 rings (SSSR count). The lowest BCUT2D eigenvalue weighted by Crippen LogP contribution is -2.01. The van der Waals surface area contributed by atoms with E-state index in [1.165, 1.54) is 0 Å². The third-order valence-corrected chi connectivity index (χ3v) is 3.68. The average molecular weight is 288 g/mol. The maximum atomic E-state index is 6.15. The van der Waals surface area contributed by atoms with Gasteiger partial charge in [0.05, 0.1) is 17.6 Å². The summed E-state index contributed by atoms with van der Waals surface area (Å²) in [5.41, 5.74) is 9.62. The second-order valence-electron chi connectivity index (χ2n) is 4.69. The highest BCUT2D eigenvalue weighted by Crippen LogP contribution is 2.27. The van der Waals surface area contributed by atoms with Crippen LogP contribution in [0, 0.1) is 13.8 Å². The number of anilines is 1. The summed E-state index contributed by atoms with van der Waals surface area (Å²) in [7, 11) is 0. The van der Waals surface area contributed by atoms with Gasteiger partial charge in [0.2, 0.25) is 0 Å². The molecule has 0 saturated heterocycles. The van der Waals surface area contributed by atoms with Crippen molar-refractivity contribution in [2.24, 2.45) is 0 Å². The van der Waals surface area contributed by atoms with Gasteiger partial charge in [-0.1, -0.05) is 17.7 Å². The van der Waals surface area contributed by atoms with Gasteiger partial charge in [0.25, 0.3) is 0 Å². The quantitative estimate of drug-likeness (QED) is 0.775. The predicted octanol–water partition coefficient (Wildman–Crippen LogP) is 3.98. The number of nitrogens with zero attached hydrogens (tertiary/aromatic N) is 2. The molecule has 3 aromatic rings. The van der Waals surface area contributed by atoms with Crippen molar-refractivity contribution in [1.82, 2.24) is 9.78 Å². The van der Waals surface area contributed by atoms with Crippen molar-refractivity contribution in [2.45, 2.75) is 13.8 Å². The van der Waals surface area contributed by atoms with Crippen molar-refractivity contribution in [3.05, 3.63) is 52.9 Å². The van der Waals surface area contributed by atoms with E-state index < -0.39 is 0 Å². The summed E-state index contributed by atoms with van der Waals surface area (Å²) >= 11 is 6.15. The minimum Gasteiger partial charge on any atom is -0.469 e. The number of nitrogen functional groups attached to an aromatic ring is 1. The minimum atomic E-state index is 0.556. The number of nitrogens with two attached hydrogens (primary N) is 1. The average Bonchev–Trinajstić information content (AvgIpc) is 2.99. The van der Waals surface area contributed by atoms with Crippen molar-refractivity contribution >= 4 is 17.4 Å². The molecule has 102 valence electrons. The standard InChI is InChI=1S/C15H14ClN3O/c1-9-3-4-11(7-13(9)16)19-15(17)8-14(18-19)12-5-6-20-10(12)2/h3-8H,17H2,1-2H3. The van der Waals surface area contributed by atoms with E-state index in [1.807, 2.05) is 44.2 Å². The molecule has 4 nitrogen and oxygen atoms in total. The molecular weight excluding hydrogens is 274 g/mol. The molecule has 0 unspecified atom stereocenters. The molecule has 0 saturated carbocycles. The fourth-order valence-corrected chi connectivity index (χ4v) is 2.27. The van der Waals surface area contributed by atoms with Crippen LogP contribution in [0.1, 0.15) is 11.3 Å². The normalized spacial score (nSPS) is 10.9. The monoisotopic (exact) mass is 287 g/mol. The van der Waals surface area contributed by atoms with E-state index >= 15 is 0 Å². The van der Waals surface area contributed by atoms with Gasteiger partial charge in [0, 0.05) is 16.7 Å². The van der Waals surface area contributed by atoms with Crippen LogP contribution >= 0.6 is 11.6 Å². The number of hydrogen-bond donors (Lipinski definition) is 1. The molecule has 0 aliphatic rings. The molecule has 0 amide bonds. The lowest BCUT2D eigenvalue weighted by atomic mass is 10.2. The molecule has 0 bridgehead atoms. The number of benzene rings is 1. The molecule has 5 heteroatoms. The fourth-order valence-electron chi connectivity index (χ4n) is 2.10. The second kappa shape index (κ2) is 4.72. The van der Waals surface area contributed by atoms with E-state index in [4.69, 9.17) is 21.8 Å². The van der Waals surface area contributed by atoms with Gasteiger partial charge in [-0.2, -0.15) is 5.10 Å². The highest BCUT2D eigenvalue weighted by atomic mass is 35.5. The highest BCUT2D eigenvalue weighted by Gasteiger charge is 2.12. The van der Waals surface area contributed by atoms with Gasteiger partial charge in [0.1, 0.15) is 11.6 Å². The Bertz CT molecular complexity index is 773. The van der Waals surface area contributed by atoms with Crippen molar-refractivity contribution in [2.75, 3.05) is 5.73 Å². The molecule has 0 aliphatic heterocycles. The molecular formula is C15H14ClN3O. The van der Waals surface area contributed by atoms with E-state index in [0.717, 1.165) is 28.3 Å². The van der Waals surface area contributed by atoms with Crippen LogP contribution in [0.25, 0.3) is 16.9 Å². The Balaban J connectivity index is 2.09. The summed E-state index contributed by atoms with van der Waals surface area (Å²) in [4.78, 5) is 0. The Morgan fingerprint density at radius 1 is 1.20 bits per heavy atom. The molecule has 2 N–H and O–H groups in total. The van der Waals surface area contributed by atoms with Crippen LogP contribution in [0.15, 0.2) is 41.0 Å². The lowest BCUT2D eigenvalue weighted by Gasteiger charge is -2.05. The Hall–Kier alpha value is -2.20. The molecule has 2 aromatic heterocycles. The van der Waals surface area contributed by atoms with Gasteiger partial charge in [0.15, 0.2) is 0 Å². The zero-order chi connectivity index (χ0) is 14.3. The summed E-state index contributed by atoms with van der Waals surface area (Å²) in [5, 5.41) is 5.22. The molecule has 20 heavy (non-hydrogen) atoms. The molecule has 0 fully saturated rings. The smallest absolute Gasteiger partial charge is 0.127 e. The molecule has 1 aromatic carbocycles. The van der Waals surface area contributed by atoms with Crippen LogP contribution in [0.4, 0.5) is 5.82 Å². The summed E-state index contributed by atoms with van der Waals surface area (Å²) in [5.74, 6) is 1.37. The molecule has 0 radical (unpaired) electrons. The van der Waals surface area contributed by atoms with E-state index in [0.29, 0.717) is 10.8 Å². The first-order valence-electron chi connectivity index (χ1n) is 6.23. The maximum Gasteiger partial charge on any atom is 0.127 e. The maximum absolute atomic E-state index is 6.15. The van der Waals surface area contributed by atoms with Crippen LogP contribution in [-0.4, -0.2) is 9.78 Å². The van der Waals surface area contributed by atoms with E-state index in [-0.39, 0.29) is 0 Å². The zero-order valence-corrected chi connectivity index (χ0v) is 12.0. The van der Waals surface area contributed by atoms with Crippen LogP contribution in [-0.2, 0) is 0 Å². The van der Waals surface area contributed by atoms with Gasteiger partial charge >= 0.3 is 0 Å². The highest BCUT2D eigenvalue weighted by molar-refractivity contribution is 6.31. The summed E-state index contributed by atoms with van der Waals surface area (Å²) < 4.78 is 6.97. The number of halogens is 1. The number of aryl methyl sites for hydroxylation is 2. The van der Waals surface area contributed by atoms with Crippen LogP contribution in [0.5, 0.6) is 0 Å². The molecule has 0 atom stereocenters. The van der Waals surface area contributed by atoms with Crippen LogP contribution in [0.3, 0.4) is 0 Å². The fraction of sp³-hybridized carbons (Fsp3) is 0.133. The Morgan fingerprint density at radius 3 is 2.65 bits per heavy atom. The summed E-state index contributed by atoms with van der Waals surface area (Å²) in [6.07, 6.45) is 1.64. The largest absolute Gasteiger partial charge is 0.469 e. The van der Waals surface area contributed by atoms with Gasteiger partial charge in [-0.05, 0) is 37.6 Å². The van der Waals surface area contributed by atoms with Crippen molar-refractivity contribution in [3.63, 3.8) is 0 Å². The van der Waals surface area contributed by atoms with Crippen molar-refractivity contribution in [1.29, 1.82) is 0 Å². The molecule has 2 heterocycles. The number of furan rings is 1. The SMILES string of the molecule is Cc1ccc(-n2nc(-c3ccoc3C)cc2N)cc1Cl. The first-order valence-corrected chi connectivity index (χ1v) is 6.60. The topological polar surface area (TPSA) is 57.0 Å². The third-order valence-electron chi connectivity index (χ3n) is 3.27. The van der Waals surface area contributed by atoms with E-state index in [2.05, 4.69) is 5.10 Å². The first kappa shape index (κ1) is 12.8. The molecule has 0 aliphatic carbocycles. The number of rotatable bonds is 2. The van der Waals surface area contributed by atoms with Gasteiger partial charge < -0.3 is 10.2 Å². The summed E-state index contributed by atoms with van der Waals surface area (Å²) in [6, 6.07) is 9.44. The van der Waals surface area contributed by atoms with E-state index in [9.17, 15) is 0 Å². The second-order valence-corrected chi connectivity index (χ2v) is 5.10. The minimum absolute atomic E-state index is 0.556.